The zero-order valence-corrected chi connectivity index (χ0v) is 64.2. The molecule has 516 valence electrons. The monoisotopic (exact) mass is 1660 g/mol. The van der Waals surface area contributed by atoms with Gasteiger partial charge in [-0.1, -0.05) is 11.6 Å². The Balaban J connectivity index is 0.000000118. The van der Waals surface area contributed by atoms with E-state index in [9.17, 15) is 45.2 Å². The number of hydrogen-bond donors (Lipinski definition) is 8. The summed E-state index contributed by atoms with van der Waals surface area (Å²) >= 11 is 19.4. The van der Waals surface area contributed by atoms with Crippen LogP contribution in [0, 0.1) is 37.1 Å². The fourth-order valence-electron chi connectivity index (χ4n) is 16.6. The van der Waals surface area contributed by atoms with Gasteiger partial charge in [-0.3, -0.25) is 19.6 Å². The minimum atomic E-state index is -0.568. The molecular formula is C76H78Br3ClFIN4O12. The van der Waals surface area contributed by atoms with Crippen molar-refractivity contribution in [3.63, 3.8) is 0 Å². The van der Waals surface area contributed by atoms with Gasteiger partial charge in [0.05, 0.1) is 50.5 Å². The van der Waals surface area contributed by atoms with Crippen LogP contribution in [0.5, 0.6) is 69.0 Å². The highest BCUT2D eigenvalue weighted by molar-refractivity contribution is 14.1. The van der Waals surface area contributed by atoms with Crippen molar-refractivity contribution < 1.29 is 64.2 Å². The van der Waals surface area contributed by atoms with Crippen LogP contribution >= 0.6 is 82.0 Å². The maximum atomic E-state index is 14.8. The molecular weight excluding hydrogens is 1580 g/mol. The maximum absolute atomic E-state index is 14.8. The van der Waals surface area contributed by atoms with Crippen molar-refractivity contribution in [3.05, 3.63) is 153 Å². The van der Waals surface area contributed by atoms with Gasteiger partial charge in [-0.05, 0) is 320 Å². The number of halogens is 6. The molecule has 8 aromatic rings. The highest BCUT2D eigenvalue weighted by Gasteiger charge is 2.44. The van der Waals surface area contributed by atoms with E-state index in [0.717, 1.165) is 184 Å². The largest absolute Gasteiger partial charge is 0.507 e. The number of benzene rings is 8. The summed E-state index contributed by atoms with van der Waals surface area (Å²) in [5.41, 5.74) is 23.2. The molecule has 98 heavy (non-hydrogen) atoms. The molecule has 16 rings (SSSR count). The molecule has 0 bridgehead atoms. The van der Waals surface area contributed by atoms with Crippen LogP contribution < -0.4 is 18.9 Å². The number of likely N-dealkylation sites (N-methyl/N-ethyl adjacent to an activating group) is 4. The van der Waals surface area contributed by atoms with E-state index in [2.05, 4.69) is 111 Å². The van der Waals surface area contributed by atoms with Crippen LogP contribution in [0.1, 0.15) is 113 Å². The molecule has 8 aromatic carbocycles. The molecule has 16 nitrogen and oxygen atoms in total. The number of methoxy groups -OCH3 is 4. The van der Waals surface area contributed by atoms with Crippen molar-refractivity contribution in [2.24, 2.45) is 0 Å². The van der Waals surface area contributed by atoms with E-state index in [4.69, 9.17) is 30.5 Å². The summed E-state index contributed by atoms with van der Waals surface area (Å²) < 4.78 is 40.1. The molecule has 4 unspecified atom stereocenters. The topological polar surface area (TPSA) is 212 Å². The van der Waals surface area contributed by atoms with Crippen LogP contribution in [-0.2, 0) is 51.4 Å². The number of fused-ring (bicyclic) bond motifs is 8. The summed E-state index contributed by atoms with van der Waals surface area (Å²) in [6, 6.07) is 12.0. The number of nitrogens with zero attached hydrogens (tertiary/aromatic N) is 4. The Morgan fingerprint density at radius 3 is 1.18 bits per heavy atom. The lowest BCUT2D eigenvalue weighted by Crippen LogP contribution is -2.36. The molecule has 0 amide bonds. The molecule has 0 saturated heterocycles. The highest BCUT2D eigenvalue weighted by atomic mass is 127. The molecule has 4 heterocycles. The first-order valence-corrected chi connectivity index (χ1v) is 36.4. The lowest BCUT2D eigenvalue weighted by Gasteiger charge is -2.41. The molecule has 0 aromatic heterocycles. The zero-order valence-electron chi connectivity index (χ0n) is 56.5. The Morgan fingerprint density at radius 2 is 0.735 bits per heavy atom. The Hall–Kier alpha value is -6.41. The van der Waals surface area contributed by atoms with Crippen LogP contribution in [0.25, 0.3) is 44.5 Å². The van der Waals surface area contributed by atoms with E-state index in [-0.39, 0.29) is 64.4 Å². The van der Waals surface area contributed by atoms with Gasteiger partial charge < -0.3 is 59.8 Å². The first-order chi connectivity index (χ1) is 46.6. The van der Waals surface area contributed by atoms with Gasteiger partial charge in [0.2, 0.25) is 0 Å². The number of hydrogen-bond acceptors (Lipinski definition) is 16. The van der Waals surface area contributed by atoms with Gasteiger partial charge in [0.15, 0.2) is 57.6 Å². The number of phenolic OH excluding ortho intramolecular Hbond substituents is 8. The van der Waals surface area contributed by atoms with Gasteiger partial charge in [-0.2, -0.15) is 0 Å². The minimum absolute atomic E-state index is 0.00378. The third kappa shape index (κ3) is 10.9. The molecule has 0 radical (unpaired) electrons. The van der Waals surface area contributed by atoms with Gasteiger partial charge >= 0.3 is 0 Å². The average molecular weight is 1660 g/mol. The van der Waals surface area contributed by atoms with E-state index in [0.29, 0.717) is 61.4 Å². The van der Waals surface area contributed by atoms with Crippen molar-refractivity contribution in [1.29, 1.82) is 0 Å². The zero-order chi connectivity index (χ0) is 70.4. The van der Waals surface area contributed by atoms with Gasteiger partial charge in [0.1, 0.15) is 17.2 Å². The number of aromatic hydroxyl groups is 8. The van der Waals surface area contributed by atoms with Crippen molar-refractivity contribution in [2.75, 3.05) is 82.8 Å². The summed E-state index contributed by atoms with van der Waals surface area (Å²) in [4.78, 5) is 9.19. The van der Waals surface area contributed by atoms with Crippen LogP contribution in [-0.4, -0.2) is 143 Å². The van der Waals surface area contributed by atoms with Crippen LogP contribution in [0.4, 0.5) is 4.39 Å². The Labute approximate surface area is 613 Å². The summed E-state index contributed by atoms with van der Waals surface area (Å²) in [6.45, 7) is 10.9. The molecule has 0 saturated carbocycles. The Kier molecular flexibility index (Phi) is 19.0. The summed E-state index contributed by atoms with van der Waals surface area (Å²) in [6.07, 6.45) is 6.37. The second-order valence-corrected chi connectivity index (χ2v) is 30.8. The highest BCUT2D eigenvalue weighted by Crippen LogP contribution is 2.61. The smallest absolute Gasteiger partial charge is 0.177 e. The molecule has 8 N–H and O–H groups in total. The Bertz CT molecular complexity index is 4430. The molecule has 8 aliphatic rings. The van der Waals surface area contributed by atoms with Crippen molar-refractivity contribution >= 4 is 82.0 Å². The van der Waals surface area contributed by atoms with Crippen LogP contribution in [0.3, 0.4) is 0 Å². The fraction of sp³-hybridized carbons (Fsp3) is 0.368. The molecule has 0 fully saturated rings. The average Bonchev–Trinajstić information content (AvgIpc) is 0.748. The molecule has 4 aliphatic heterocycles. The SMILES string of the molecule is COc1c(O)c(Br)c2c3c1-c1cc(C)c(O)c(Br)c1CC3N(C)CC2.COc1c(O)c(Cl)c2c3c1-c1cc(C)c(O)c(Br)c1CC3N(C)CC2.COc1c(O)cc2c3c1-c1cc(C)c(O)c(F)c1CC3N(C)CC2.COc1c(O)cc2c3c1-c1cc(C)c(O)c(I)c1CC3N(C)CC2. The van der Waals surface area contributed by atoms with Crippen molar-refractivity contribution in [3.8, 4) is 114 Å². The van der Waals surface area contributed by atoms with E-state index in [1.165, 1.54) is 23.8 Å². The molecule has 4 atom stereocenters. The van der Waals surface area contributed by atoms with Gasteiger partial charge in [-0.25, -0.2) is 4.39 Å². The van der Waals surface area contributed by atoms with E-state index < -0.39 is 5.82 Å². The molecule has 4 aliphatic carbocycles. The van der Waals surface area contributed by atoms with E-state index in [1.807, 2.05) is 52.1 Å². The fourth-order valence-corrected chi connectivity index (χ4v) is 19.8. The minimum Gasteiger partial charge on any atom is -0.507 e. The number of ether oxygens (including phenoxy) is 4. The molecule has 22 heteroatoms. The lowest BCUT2D eigenvalue weighted by atomic mass is 9.76. The second-order valence-electron chi connectivity index (χ2n) is 27.0. The first kappa shape index (κ1) is 70.0. The predicted molar refractivity (Wildman–Crippen MR) is 398 cm³/mol. The summed E-state index contributed by atoms with van der Waals surface area (Å²) in [7, 11) is 14.6. The Morgan fingerprint density at radius 1 is 0.408 bits per heavy atom. The first-order valence-electron chi connectivity index (χ1n) is 32.5. The number of phenols is 8. The number of aryl methyl sites for hydroxylation is 4. The van der Waals surface area contributed by atoms with Crippen LogP contribution in [0.2, 0.25) is 5.02 Å². The maximum Gasteiger partial charge on any atom is 0.177 e. The number of rotatable bonds is 4. The molecule has 0 spiro atoms. The van der Waals surface area contributed by atoms with Gasteiger partial charge in [-0.15, -0.1) is 0 Å². The van der Waals surface area contributed by atoms with E-state index in [1.54, 1.807) is 40.4 Å². The normalized spacial score (nSPS) is 18.8. The van der Waals surface area contributed by atoms with Gasteiger partial charge in [0, 0.05) is 78.2 Å². The predicted octanol–water partition coefficient (Wildman–Crippen LogP) is 16.4. The van der Waals surface area contributed by atoms with Crippen molar-refractivity contribution in [1.82, 2.24) is 19.6 Å². The van der Waals surface area contributed by atoms with E-state index >= 15 is 0 Å². The quantitative estimate of drug-likeness (QED) is 0.0770. The standard InChI is InChI=1S/C19H19Br2NO3.C19H19BrClNO3.C19H20FNO3.C19H20INO3/c1-8-6-10-11(16(21)17(8)23)7-12-13-9(4-5-22(12)2)15(20)18(24)19(25-3)14(10)13;1-8-6-10-11(15(20)17(8)23)7-12-13-9(4-5-22(12)2)16(21)18(24)19(25-3)14(10)13;2*1-9-6-11-12(17(20)18(9)23)8-13-15-10(4-5-21(13)2)7-14(22)19(24-3)16(11)15/h2*6,12,23-24H,4-5,7H2,1-3H3;2*6-7,13,22-23H,4-5,8H2,1-3H3. The summed E-state index contributed by atoms with van der Waals surface area (Å²) in [5, 5.41) is 83.8. The third-order valence-electron chi connectivity index (χ3n) is 21.8. The second kappa shape index (κ2) is 26.5. The van der Waals surface area contributed by atoms with Crippen molar-refractivity contribution in [2.45, 2.75) is 103 Å². The third-order valence-corrected chi connectivity index (χ3v) is 25.9. The van der Waals surface area contributed by atoms with Crippen LogP contribution in [0.15, 0.2) is 49.8 Å². The summed E-state index contributed by atoms with van der Waals surface area (Å²) in [5.74, 6) is 2.26. The van der Waals surface area contributed by atoms with Gasteiger partial charge in [0.25, 0.3) is 0 Å². The lowest BCUT2D eigenvalue weighted by molar-refractivity contribution is 0.225.